The van der Waals surface area contributed by atoms with Crippen molar-refractivity contribution in [3.05, 3.63) is 59.7 Å². The Bertz CT molecular complexity index is 543. The van der Waals surface area contributed by atoms with Crippen LogP contribution in [0.5, 0.6) is 0 Å². The minimum Gasteiger partial charge on any atom is -0.368 e. The van der Waals surface area contributed by atoms with Gasteiger partial charge in [-0.3, -0.25) is 9.78 Å². The summed E-state index contributed by atoms with van der Waals surface area (Å²) in [4.78, 5) is 17.0. The van der Waals surface area contributed by atoms with Crippen LogP contribution in [-0.4, -0.2) is 18.3 Å². The Balaban J connectivity index is 2.23. The van der Waals surface area contributed by atoms with E-state index in [1.165, 1.54) is 12.1 Å². The van der Waals surface area contributed by atoms with Crippen LogP contribution in [0.1, 0.15) is 16.1 Å². The summed E-state index contributed by atoms with van der Waals surface area (Å²) in [5, 5.41) is 0. The van der Waals surface area contributed by atoms with Gasteiger partial charge in [-0.05, 0) is 30.3 Å². The van der Waals surface area contributed by atoms with Gasteiger partial charge in [-0.2, -0.15) is 0 Å². The lowest BCUT2D eigenvalue weighted by molar-refractivity contribution is 0.112. The number of nitrogens with zero attached hydrogens (tertiary/aromatic N) is 2. The van der Waals surface area contributed by atoms with Crippen molar-refractivity contribution >= 4 is 12.0 Å². The number of carbonyl (C=O) groups excluding carboxylic acids is 1. The topological polar surface area (TPSA) is 33.2 Å². The predicted octanol–water partition coefficient (Wildman–Crippen LogP) is 2.67. The fourth-order valence-corrected chi connectivity index (χ4v) is 1.79. The molecule has 0 aliphatic rings. The fraction of sp³-hybridized carbons (Fsp3) is 0.143. The summed E-state index contributed by atoms with van der Waals surface area (Å²) in [6.07, 6.45) is 2.38. The van der Waals surface area contributed by atoms with Crippen molar-refractivity contribution < 1.29 is 9.18 Å². The fourth-order valence-electron chi connectivity index (χ4n) is 1.79. The first-order valence-corrected chi connectivity index (χ1v) is 5.56. The number of carbonyl (C=O) groups is 1. The lowest BCUT2D eigenvalue weighted by Gasteiger charge is -2.20. The molecule has 1 aromatic heterocycles. The van der Waals surface area contributed by atoms with E-state index >= 15 is 0 Å². The van der Waals surface area contributed by atoms with Crippen LogP contribution < -0.4 is 4.90 Å². The molecule has 0 amide bonds. The Morgan fingerprint density at radius 2 is 2.17 bits per heavy atom. The Morgan fingerprint density at radius 3 is 2.83 bits per heavy atom. The molecule has 0 atom stereocenters. The highest BCUT2D eigenvalue weighted by molar-refractivity contribution is 5.84. The van der Waals surface area contributed by atoms with Gasteiger partial charge in [-0.15, -0.1) is 0 Å². The van der Waals surface area contributed by atoms with Crippen molar-refractivity contribution in [2.45, 2.75) is 6.54 Å². The van der Waals surface area contributed by atoms with Crippen molar-refractivity contribution in [2.24, 2.45) is 0 Å². The summed E-state index contributed by atoms with van der Waals surface area (Å²) in [5.41, 5.74) is 1.92. The van der Waals surface area contributed by atoms with E-state index in [9.17, 15) is 9.18 Å². The van der Waals surface area contributed by atoms with Crippen LogP contribution in [-0.2, 0) is 6.54 Å². The molecule has 3 nitrogen and oxygen atoms in total. The van der Waals surface area contributed by atoms with Crippen molar-refractivity contribution in [2.75, 3.05) is 11.9 Å². The number of halogens is 1. The van der Waals surface area contributed by atoms with Gasteiger partial charge in [-0.1, -0.05) is 6.07 Å². The Morgan fingerprint density at radius 1 is 1.33 bits per heavy atom. The Labute approximate surface area is 105 Å². The number of anilines is 1. The van der Waals surface area contributed by atoms with Crippen LogP contribution in [0.2, 0.25) is 0 Å². The highest BCUT2D eigenvalue weighted by Crippen LogP contribution is 2.20. The monoisotopic (exact) mass is 244 g/mol. The SMILES string of the molecule is CN(Cc1ccccn1)c1ccc(F)cc1C=O. The van der Waals surface area contributed by atoms with Crippen LogP contribution in [0.4, 0.5) is 10.1 Å². The minimum atomic E-state index is -0.410. The number of rotatable bonds is 4. The molecule has 92 valence electrons. The Hall–Kier alpha value is -2.23. The molecule has 0 radical (unpaired) electrons. The Kier molecular flexibility index (Phi) is 3.67. The first kappa shape index (κ1) is 12.2. The summed E-state index contributed by atoms with van der Waals surface area (Å²) >= 11 is 0. The zero-order chi connectivity index (χ0) is 13.0. The maximum Gasteiger partial charge on any atom is 0.152 e. The lowest BCUT2D eigenvalue weighted by Crippen LogP contribution is -2.18. The van der Waals surface area contributed by atoms with Crippen LogP contribution in [0.3, 0.4) is 0 Å². The highest BCUT2D eigenvalue weighted by Gasteiger charge is 2.09. The normalized spacial score (nSPS) is 10.1. The predicted molar refractivity (Wildman–Crippen MR) is 68.1 cm³/mol. The van der Waals surface area contributed by atoms with Crippen LogP contribution >= 0.6 is 0 Å². The molecule has 0 spiro atoms. The number of aromatic nitrogens is 1. The molecule has 0 aliphatic carbocycles. The first-order valence-electron chi connectivity index (χ1n) is 5.56. The molecule has 2 rings (SSSR count). The summed E-state index contributed by atoms with van der Waals surface area (Å²) in [7, 11) is 1.84. The number of pyridine rings is 1. The average molecular weight is 244 g/mol. The molecule has 0 bridgehead atoms. The van der Waals surface area contributed by atoms with Crippen LogP contribution in [0, 0.1) is 5.82 Å². The van der Waals surface area contributed by atoms with Gasteiger partial charge >= 0.3 is 0 Å². The summed E-state index contributed by atoms with van der Waals surface area (Å²) in [5.74, 6) is -0.410. The van der Waals surface area contributed by atoms with Gasteiger partial charge in [-0.25, -0.2) is 4.39 Å². The number of hydrogen-bond donors (Lipinski definition) is 0. The van der Waals surface area contributed by atoms with Gasteiger partial charge < -0.3 is 4.90 Å². The van der Waals surface area contributed by atoms with Crippen molar-refractivity contribution in [1.82, 2.24) is 4.98 Å². The second-order valence-electron chi connectivity index (χ2n) is 4.00. The molecule has 0 unspecified atom stereocenters. The molecule has 18 heavy (non-hydrogen) atoms. The second-order valence-corrected chi connectivity index (χ2v) is 4.00. The van der Waals surface area contributed by atoms with Gasteiger partial charge in [0.1, 0.15) is 5.82 Å². The van der Waals surface area contributed by atoms with E-state index < -0.39 is 5.82 Å². The van der Waals surface area contributed by atoms with Crippen LogP contribution in [0.25, 0.3) is 0 Å². The van der Waals surface area contributed by atoms with E-state index in [0.717, 1.165) is 5.69 Å². The molecular weight excluding hydrogens is 231 g/mol. The zero-order valence-corrected chi connectivity index (χ0v) is 10.0. The molecule has 0 N–H and O–H groups in total. The van der Waals surface area contributed by atoms with E-state index in [1.807, 2.05) is 30.1 Å². The van der Waals surface area contributed by atoms with Gasteiger partial charge in [0.25, 0.3) is 0 Å². The molecule has 1 aromatic carbocycles. The quantitative estimate of drug-likeness (QED) is 0.775. The third-order valence-electron chi connectivity index (χ3n) is 2.65. The second kappa shape index (κ2) is 5.40. The van der Waals surface area contributed by atoms with E-state index in [4.69, 9.17) is 0 Å². The molecule has 1 heterocycles. The zero-order valence-electron chi connectivity index (χ0n) is 10.0. The molecule has 0 saturated carbocycles. The standard InChI is InChI=1S/C14H13FN2O/c1-17(9-13-4-2-3-7-16-13)14-6-5-12(15)8-11(14)10-18/h2-8,10H,9H2,1H3. The number of benzene rings is 1. The number of hydrogen-bond acceptors (Lipinski definition) is 3. The molecule has 2 aromatic rings. The summed E-state index contributed by atoms with van der Waals surface area (Å²) in [6.45, 7) is 0.563. The maximum absolute atomic E-state index is 13.0. The van der Waals surface area contributed by atoms with E-state index in [1.54, 1.807) is 12.3 Å². The largest absolute Gasteiger partial charge is 0.368 e. The van der Waals surface area contributed by atoms with Gasteiger partial charge in [0.05, 0.1) is 12.2 Å². The minimum absolute atomic E-state index is 0.341. The molecule has 4 heteroatoms. The molecule has 0 fully saturated rings. The summed E-state index contributed by atoms with van der Waals surface area (Å²) < 4.78 is 13.0. The summed E-state index contributed by atoms with van der Waals surface area (Å²) in [6, 6.07) is 9.83. The molecular formula is C14H13FN2O. The smallest absolute Gasteiger partial charge is 0.152 e. The van der Waals surface area contributed by atoms with Gasteiger partial charge in [0.15, 0.2) is 6.29 Å². The van der Waals surface area contributed by atoms with E-state index in [2.05, 4.69) is 4.98 Å². The number of aldehydes is 1. The maximum atomic E-state index is 13.0. The van der Waals surface area contributed by atoms with Gasteiger partial charge in [0.2, 0.25) is 0 Å². The van der Waals surface area contributed by atoms with Gasteiger partial charge in [0, 0.05) is 24.5 Å². The van der Waals surface area contributed by atoms with Crippen molar-refractivity contribution in [1.29, 1.82) is 0 Å². The lowest BCUT2D eigenvalue weighted by atomic mass is 10.1. The van der Waals surface area contributed by atoms with E-state index in [0.29, 0.717) is 24.1 Å². The third kappa shape index (κ3) is 2.71. The van der Waals surface area contributed by atoms with Crippen molar-refractivity contribution in [3.63, 3.8) is 0 Å². The van der Waals surface area contributed by atoms with Crippen LogP contribution in [0.15, 0.2) is 42.6 Å². The van der Waals surface area contributed by atoms with Crippen molar-refractivity contribution in [3.8, 4) is 0 Å². The third-order valence-corrected chi connectivity index (χ3v) is 2.65. The average Bonchev–Trinajstić information content (AvgIpc) is 2.39. The highest BCUT2D eigenvalue weighted by atomic mass is 19.1. The first-order chi connectivity index (χ1) is 8.70. The molecule has 0 saturated heterocycles. The van der Waals surface area contributed by atoms with E-state index in [-0.39, 0.29) is 0 Å². The molecule has 0 aliphatic heterocycles.